The van der Waals surface area contributed by atoms with Gasteiger partial charge in [-0.1, -0.05) is 38.5 Å². The molecule has 16 heteroatoms. The van der Waals surface area contributed by atoms with Gasteiger partial charge in [0.25, 0.3) is 0 Å². The first kappa shape index (κ1) is 42.4. The first-order valence-corrected chi connectivity index (χ1v) is 22.9. The minimum Gasteiger partial charge on any atom is -0.488 e. The summed E-state index contributed by atoms with van der Waals surface area (Å²) in [7, 11) is 2.73. The number of alkyl carbamates (subject to hydrolysis) is 1. The standard InChI is InChI=1S/C48H58N8O8/c1-6-24(2)40(53-47(59)61-4)45(57)55-25(3)7-13-38(55)44-50-35-12-9-26-19-34-31-11-8-27(17-28(31)23-64-39(34)20-33(26)41(35)52-44)36-21-49-43(51-36)37-14-10-30-18-29-22-63-16-15-32(29)42(46(58)56(30)37)54-48(60)62-5/h8-9,11-12,17,19-21,24-25,29-30,32,37-38,40,42,47,53,59H,6-7,10,13-16,18,22-23H2,1-5H3,(H,49,51)(H,50,52)(H,54,60)/t24-,25-,29?,30+,32?,37?,38-,40?,42-,47?/m0/s1. The van der Waals surface area contributed by atoms with E-state index in [0.717, 1.165) is 106 Å². The molecule has 3 aromatic carbocycles. The van der Waals surface area contributed by atoms with Gasteiger partial charge in [0.1, 0.15) is 30.0 Å². The Morgan fingerprint density at radius 1 is 1.02 bits per heavy atom. The third-order valence-electron chi connectivity index (χ3n) is 14.9. The minimum absolute atomic E-state index is 0.00343. The van der Waals surface area contributed by atoms with Crippen molar-refractivity contribution in [3.8, 4) is 28.1 Å². The molecular weight excluding hydrogens is 817 g/mol. The van der Waals surface area contributed by atoms with E-state index in [1.165, 1.54) is 14.2 Å². The number of carbonyl (C=O) groups excluding carboxylic acids is 3. The second-order valence-corrected chi connectivity index (χ2v) is 18.4. The number of carbonyl (C=O) groups is 3. The number of fused-ring (bicyclic) bond motifs is 8. The van der Waals surface area contributed by atoms with Gasteiger partial charge in [0.2, 0.25) is 18.2 Å². The third-order valence-corrected chi connectivity index (χ3v) is 14.9. The minimum atomic E-state index is -1.25. The average molecular weight is 875 g/mol. The lowest BCUT2D eigenvalue weighted by atomic mass is 9.80. The van der Waals surface area contributed by atoms with E-state index >= 15 is 0 Å². The highest BCUT2D eigenvalue weighted by Crippen LogP contribution is 2.46. The molecule has 64 heavy (non-hydrogen) atoms. The van der Waals surface area contributed by atoms with E-state index < -0.39 is 24.6 Å². The Bertz CT molecular complexity index is 2590. The van der Waals surface area contributed by atoms with Gasteiger partial charge >= 0.3 is 6.09 Å². The zero-order valence-corrected chi connectivity index (χ0v) is 37.1. The second kappa shape index (κ2) is 17.1. The Morgan fingerprint density at radius 2 is 1.86 bits per heavy atom. The molecule has 0 bridgehead atoms. The summed E-state index contributed by atoms with van der Waals surface area (Å²) >= 11 is 0. The van der Waals surface area contributed by atoms with E-state index in [9.17, 15) is 19.5 Å². The fourth-order valence-electron chi connectivity index (χ4n) is 11.3. The average Bonchev–Trinajstić information content (AvgIpc) is 4.13. The van der Waals surface area contributed by atoms with Crippen molar-refractivity contribution in [1.82, 2.24) is 40.4 Å². The van der Waals surface area contributed by atoms with Crippen molar-refractivity contribution < 1.29 is 38.4 Å². The maximum atomic E-state index is 14.3. The van der Waals surface area contributed by atoms with Crippen LogP contribution in [-0.4, -0.2) is 111 Å². The summed E-state index contributed by atoms with van der Waals surface area (Å²) in [5, 5.41) is 18.1. The molecule has 338 valence electrons. The molecule has 10 rings (SSSR count). The number of H-pyrrole nitrogens is 2. The molecule has 5 aliphatic heterocycles. The third kappa shape index (κ3) is 7.37. The molecule has 0 saturated carbocycles. The van der Waals surface area contributed by atoms with Gasteiger partial charge in [0.05, 0.1) is 48.2 Å². The first-order chi connectivity index (χ1) is 31.0. The van der Waals surface area contributed by atoms with Gasteiger partial charge < -0.3 is 49.1 Å². The maximum absolute atomic E-state index is 14.3. The number of aliphatic hydroxyl groups is 1. The maximum Gasteiger partial charge on any atom is 0.407 e. The number of hydrogen-bond donors (Lipinski definition) is 5. The van der Waals surface area contributed by atoms with Crippen molar-refractivity contribution in [1.29, 1.82) is 0 Å². The molecule has 4 saturated heterocycles. The second-order valence-electron chi connectivity index (χ2n) is 18.4. The lowest BCUT2D eigenvalue weighted by Gasteiger charge is -2.34. The Hall–Kier alpha value is -5.55. The highest BCUT2D eigenvalue weighted by molar-refractivity contribution is 6.07. The van der Waals surface area contributed by atoms with Gasteiger partial charge in [-0.3, -0.25) is 14.9 Å². The molecule has 16 nitrogen and oxygen atoms in total. The molecule has 5 aliphatic rings. The number of imidazole rings is 2. The summed E-state index contributed by atoms with van der Waals surface area (Å²) in [5.41, 5.74) is 6.68. The van der Waals surface area contributed by atoms with Crippen LogP contribution in [0.4, 0.5) is 4.79 Å². The van der Waals surface area contributed by atoms with E-state index in [-0.39, 0.29) is 53.7 Å². The van der Waals surface area contributed by atoms with E-state index in [4.69, 9.17) is 28.9 Å². The summed E-state index contributed by atoms with van der Waals surface area (Å²) in [4.78, 5) is 62.0. The topological polar surface area (TPSA) is 196 Å². The van der Waals surface area contributed by atoms with Crippen LogP contribution in [0.5, 0.6) is 5.75 Å². The van der Waals surface area contributed by atoms with Crippen molar-refractivity contribution in [2.24, 2.45) is 17.8 Å². The molecule has 0 spiro atoms. The molecule has 0 radical (unpaired) electrons. The van der Waals surface area contributed by atoms with Crippen LogP contribution >= 0.6 is 0 Å². The Morgan fingerprint density at radius 3 is 2.67 bits per heavy atom. The van der Waals surface area contributed by atoms with Gasteiger partial charge in [-0.2, -0.15) is 0 Å². The largest absolute Gasteiger partial charge is 0.488 e. The van der Waals surface area contributed by atoms with Crippen LogP contribution in [-0.2, 0) is 30.4 Å². The lowest BCUT2D eigenvalue weighted by Crippen LogP contribution is -2.54. The quantitative estimate of drug-likeness (QED) is 0.0967. The van der Waals surface area contributed by atoms with Crippen LogP contribution in [0.1, 0.15) is 95.0 Å². The fraction of sp³-hybridized carbons (Fsp3) is 0.521. The highest BCUT2D eigenvalue weighted by atomic mass is 16.6. The van der Waals surface area contributed by atoms with Crippen LogP contribution in [0.25, 0.3) is 44.2 Å². The molecule has 5 aromatic rings. The summed E-state index contributed by atoms with van der Waals surface area (Å²) in [6.07, 6.45) is 5.54. The highest BCUT2D eigenvalue weighted by Gasteiger charge is 2.50. The molecule has 4 fully saturated rings. The Balaban J connectivity index is 0.902. The van der Waals surface area contributed by atoms with Crippen molar-refractivity contribution in [2.75, 3.05) is 27.4 Å². The lowest BCUT2D eigenvalue weighted by molar-refractivity contribution is -0.147. The van der Waals surface area contributed by atoms with Gasteiger partial charge in [0.15, 0.2) is 0 Å². The molecule has 5 unspecified atom stereocenters. The summed E-state index contributed by atoms with van der Waals surface area (Å²) in [5.74, 6) is 2.24. The summed E-state index contributed by atoms with van der Waals surface area (Å²) in [6.45, 7) is 7.65. The molecule has 2 aromatic heterocycles. The molecular formula is C48H58N8O8. The molecule has 3 amide bonds. The van der Waals surface area contributed by atoms with E-state index in [1.807, 2.05) is 29.8 Å². The summed E-state index contributed by atoms with van der Waals surface area (Å²) < 4.78 is 22.3. The number of nitrogens with one attached hydrogen (secondary N) is 4. The number of likely N-dealkylation sites (tertiary alicyclic amines) is 1. The molecule has 7 heterocycles. The van der Waals surface area contributed by atoms with Crippen molar-refractivity contribution >= 4 is 39.7 Å². The molecule has 5 N–H and O–H groups in total. The molecule has 0 aliphatic carbocycles. The number of nitrogens with zero attached hydrogens (tertiary/aromatic N) is 4. The van der Waals surface area contributed by atoms with Crippen molar-refractivity contribution in [3.63, 3.8) is 0 Å². The smallest absolute Gasteiger partial charge is 0.407 e. The van der Waals surface area contributed by atoms with E-state index in [0.29, 0.717) is 26.2 Å². The van der Waals surface area contributed by atoms with Crippen LogP contribution in [0.15, 0.2) is 48.7 Å². The first-order valence-electron chi connectivity index (χ1n) is 22.9. The van der Waals surface area contributed by atoms with Gasteiger partial charge in [-0.15, -0.1) is 0 Å². The Kier molecular flexibility index (Phi) is 11.3. The molecule has 10 atom stereocenters. The fourth-order valence-corrected chi connectivity index (χ4v) is 11.3. The monoisotopic (exact) mass is 874 g/mol. The van der Waals surface area contributed by atoms with E-state index in [1.54, 1.807) is 0 Å². The van der Waals surface area contributed by atoms with Crippen molar-refractivity contribution in [2.45, 2.75) is 115 Å². The predicted octanol–water partition coefficient (Wildman–Crippen LogP) is 6.46. The number of hydrogen-bond acceptors (Lipinski definition) is 11. The van der Waals surface area contributed by atoms with Crippen LogP contribution < -0.4 is 15.4 Å². The predicted molar refractivity (Wildman–Crippen MR) is 238 cm³/mol. The van der Waals surface area contributed by atoms with Crippen molar-refractivity contribution in [3.05, 3.63) is 65.9 Å². The van der Waals surface area contributed by atoms with Crippen LogP contribution in [0.2, 0.25) is 0 Å². The Labute approximate surface area is 371 Å². The van der Waals surface area contributed by atoms with Crippen LogP contribution in [0.3, 0.4) is 0 Å². The number of methoxy groups -OCH3 is 2. The zero-order chi connectivity index (χ0) is 44.4. The normalized spacial score (nSPS) is 26.7. The number of aromatic amines is 2. The van der Waals surface area contributed by atoms with Gasteiger partial charge in [-0.25, -0.2) is 14.8 Å². The SMILES string of the molecule is CC[C@H](C)C(NC(O)OC)C(=O)N1[C@@H](C)CC[C@H]1c1nc2c(ccc3cc4c(cc32)OCc2cc(-c3cnc(C5CC[C@@H]6CC7COCCC7[C@H](NC(=O)OC)C(=O)N56)[nH]3)ccc2-4)[nH]1. The number of amides is 3. The number of benzene rings is 3. The number of aliphatic hydroxyl groups excluding tert-OH is 1. The zero-order valence-electron chi connectivity index (χ0n) is 37.1. The number of ether oxygens (including phenoxy) is 4. The number of aromatic nitrogens is 4. The van der Waals surface area contributed by atoms with Crippen LogP contribution in [0, 0.1) is 17.8 Å². The summed E-state index contributed by atoms with van der Waals surface area (Å²) in [6, 6.07) is 13.1. The van der Waals surface area contributed by atoms with E-state index in [2.05, 4.69) is 70.0 Å². The number of rotatable bonds is 10. The van der Waals surface area contributed by atoms with Gasteiger partial charge in [0, 0.05) is 43.4 Å². The van der Waals surface area contributed by atoms with Gasteiger partial charge in [-0.05, 0) is 110 Å².